The van der Waals surface area contributed by atoms with Gasteiger partial charge in [-0.2, -0.15) is 0 Å². The number of sulfonamides is 1. The zero-order valence-corrected chi connectivity index (χ0v) is 18.1. The zero-order chi connectivity index (χ0) is 21.7. The Bertz CT molecular complexity index is 1100. The number of nitrogens with zero attached hydrogens (tertiary/aromatic N) is 1. The molecule has 3 rings (SSSR count). The molecule has 2 atom stereocenters. The van der Waals surface area contributed by atoms with Crippen molar-refractivity contribution >= 4 is 21.6 Å². The Hall–Kier alpha value is -3.12. The molecular formula is C24H26N2O3S. The fraction of sp³-hybridized carbons (Fsp3) is 0.208. The van der Waals surface area contributed by atoms with Crippen molar-refractivity contribution < 1.29 is 13.2 Å². The minimum absolute atomic E-state index is 0.374. The number of benzene rings is 3. The number of aryl methyl sites for hydroxylation is 1. The summed E-state index contributed by atoms with van der Waals surface area (Å²) in [4.78, 5) is 13.3. The largest absolute Gasteiger partial charge is 0.343 e. The summed E-state index contributed by atoms with van der Waals surface area (Å²) in [6.07, 6.45) is 1.11. The number of rotatable bonds is 7. The molecule has 6 heteroatoms. The summed E-state index contributed by atoms with van der Waals surface area (Å²) < 4.78 is 26.2. The van der Waals surface area contributed by atoms with E-state index in [1.807, 2.05) is 61.5 Å². The Morgan fingerprint density at radius 2 is 1.40 bits per heavy atom. The van der Waals surface area contributed by atoms with Crippen molar-refractivity contribution in [2.45, 2.75) is 25.9 Å². The van der Waals surface area contributed by atoms with E-state index in [-0.39, 0.29) is 11.9 Å². The second-order valence-corrected chi connectivity index (χ2v) is 9.14. The molecule has 0 aliphatic rings. The first kappa shape index (κ1) is 21.6. The molecule has 0 aliphatic heterocycles. The van der Waals surface area contributed by atoms with E-state index in [0.717, 1.165) is 27.3 Å². The molecule has 0 aliphatic carbocycles. The molecule has 1 amide bonds. The number of para-hydroxylation sites is 1. The number of carbonyl (C=O) groups excluding carboxylic acids is 1. The molecule has 0 bridgehead atoms. The molecule has 0 spiro atoms. The molecule has 0 saturated heterocycles. The van der Waals surface area contributed by atoms with Gasteiger partial charge < -0.3 is 5.32 Å². The summed E-state index contributed by atoms with van der Waals surface area (Å²) in [6, 6.07) is 24.9. The van der Waals surface area contributed by atoms with E-state index in [4.69, 9.17) is 0 Å². The van der Waals surface area contributed by atoms with Gasteiger partial charge in [0.2, 0.25) is 15.9 Å². The van der Waals surface area contributed by atoms with Crippen molar-refractivity contribution in [3.63, 3.8) is 0 Å². The first-order chi connectivity index (χ1) is 14.3. The number of carbonyl (C=O) groups is 1. The molecule has 0 fully saturated rings. The lowest BCUT2D eigenvalue weighted by Crippen LogP contribution is -2.48. The molecule has 5 nitrogen and oxygen atoms in total. The van der Waals surface area contributed by atoms with Crippen molar-refractivity contribution in [1.82, 2.24) is 5.32 Å². The van der Waals surface area contributed by atoms with E-state index in [1.165, 1.54) is 0 Å². The molecule has 0 heterocycles. The van der Waals surface area contributed by atoms with Crippen LogP contribution in [-0.2, 0) is 14.8 Å². The fourth-order valence-corrected chi connectivity index (χ4v) is 4.72. The highest BCUT2D eigenvalue weighted by Crippen LogP contribution is 2.26. The molecule has 1 N–H and O–H groups in total. The van der Waals surface area contributed by atoms with Crippen LogP contribution in [0.1, 0.15) is 29.7 Å². The molecule has 0 saturated carbocycles. The summed E-state index contributed by atoms with van der Waals surface area (Å²) >= 11 is 0. The van der Waals surface area contributed by atoms with Crippen molar-refractivity contribution in [3.8, 4) is 0 Å². The highest BCUT2D eigenvalue weighted by molar-refractivity contribution is 7.92. The molecule has 0 radical (unpaired) electrons. The van der Waals surface area contributed by atoms with Gasteiger partial charge in [-0.1, -0.05) is 72.8 Å². The van der Waals surface area contributed by atoms with Gasteiger partial charge in [0.05, 0.1) is 18.0 Å². The first-order valence-corrected chi connectivity index (χ1v) is 11.6. The van der Waals surface area contributed by atoms with Crippen LogP contribution in [0.5, 0.6) is 0 Å². The molecule has 3 aromatic carbocycles. The smallest absolute Gasteiger partial charge is 0.244 e. The zero-order valence-electron chi connectivity index (χ0n) is 17.3. The van der Waals surface area contributed by atoms with Crippen LogP contribution in [0.2, 0.25) is 0 Å². The van der Waals surface area contributed by atoms with Gasteiger partial charge in [-0.15, -0.1) is 0 Å². The minimum Gasteiger partial charge on any atom is -0.343 e. The summed E-state index contributed by atoms with van der Waals surface area (Å²) in [5.41, 5.74) is 3.39. The monoisotopic (exact) mass is 422 g/mol. The minimum atomic E-state index is -3.66. The molecule has 0 aromatic heterocycles. The Labute approximate surface area is 178 Å². The van der Waals surface area contributed by atoms with Crippen LogP contribution in [0.3, 0.4) is 0 Å². The average Bonchev–Trinajstić information content (AvgIpc) is 2.73. The topological polar surface area (TPSA) is 66.5 Å². The first-order valence-electron chi connectivity index (χ1n) is 9.74. The standard InChI is InChI=1S/C24H26N2O3S/c1-18-12-10-11-17-22(18)23(20-13-6-4-7-14-20)25-24(27)19(2)26(30(3,28)29)21-15-8-5-9-16-21/h4-17,19,23H,1-3H3,(H,25,27). The highest BCUT2D eigenvalue weighted by atomic mass is 32.2. The van der Waals surface area contributed by atoms with Gasteiger partial charge in [0, 0.05) is 0 Å². The van der Waals surface area contributed by atoms with E-state index in [9.17, 15) is 13.2 Å². The van der Waals surface area contributed by atoms with E-state index in [2.05, 4.69) is 5.32 Å². The Morgan fingerprint density at radius 3 is 1.97 bits per heavy atom. The predicted octanol–water partition coefficient (Wildman–Crippen LogP) is 4.06. The van der Waals surface area contributed by atoms with Crippen LogP contribution in [0, 0.1) is 6.92 Å². The van der Waals surface area contributed by atoms with Crippen molar-refractivity contribution in [2.75, 3.05) is 10.6 Å². The summed E-state index contributed by atoms with van der Waals surface area (Å²) in [7, 11) is -3.66. The molecule has 3 aromatic rings. The second-order valence-electron chi connectivity index (χ2n) is 7.28. The van der Waals surface area contributed by atoms with Crippen LogP contribution in [0.25, 0.3) is 0 Å². The van der Waals surface area contributed by atoms with E-state index >= 15 is 0 Å². The van der Waals surface area contributed by atoms with E-state index in [1.54, 1.807) is 37.3 Å². The van der Waals surface area contributed by atoms with Gasteiger partial charge in [-0.05, 0) is 42.7 Å². The van der Waals surface area contributed by atoms with Gasteiger partial charge in [0.15, 0.2) is 0 Å². The lowest BCUT2D eigenvalue weighted by atomic mass is 9.94. The molecule has 156 valence electrons. The maximum atomic E-state index is 13.3. The van der Waals surface area contributed by atoms with Crippen LogP contribution in [0.4, 0.5) is 5.69 Å². The lowest BCUT2D eigenvalue weighted by Gasteiger charge is -2.30. The molecule has 30 heavy (non-hydrogen) atoms. The third kappa shape index (κ3) is 4.89. The van der Waals surface area contributed by atoms with Gasteiger partial charge in [0.25, 0.3) is 0 Å². The van der Waals surface area contributed by atoms with Crippen LogP contribution in [-0.4, -0.2) is 26.6 Å². The van der Waals surface area contributed by atoms with E-state index < -0.39 is 16.1 Å². The third-order valence-electron chi connectivity index (χ3n) is 5.02. The van der Waals surface area contributed by atoms with Crippen molar-refractivity contribution in [1.29, 1.82) is 0 Å². The van der Waals surface area contributed by atoms with Crippen molar-refractivity contribution in [3.05, 3.63) is 102 Å². The van der Waals surface area contributed by atoms with Crippen LogP contribution >= 0.6 is 0 Å². The third-order valence-corrected chi connectivity index (χ3v) is 6.26. The summed E-state index contributed by atoms with van der Waals surface area (Å²) in [5.74, 6) is -0.374. The van der Waals surface area contributed by atoms with Gasteiger partial charge in [0.1, 0.15) is 6.04 Å². The summed E-state index contributed by atoms with van der Waals surface area (Å²) in [5, 5.41) is 3.07. The highest BCUT2D eigenvalue weighted by Gasteiger charge is 2.31. The Morgan fingerprint density at radius 1 is 0.867 bits per heavy atom. The van der Waals surface area contributed by atoms with Gasteiger partial charge in [-0.25, -0.2) is 8.42 Å². The Balaban J connectivity index is 1.96. The normalized spacial score (nSPS) is 13.3. The summed E-state index contributed by atoms with van der Waals surface area (Å²) in [6.45, 7) is 3.59. The number of anilines is 1. The molecular weight excluding hydrogens is 396 g/mol. The quantitative estimate of drug-likeness (QED) is 0.625. The number of nitrogens with one attached hydrogen (secondary N) is 1. The maximum Gasteiger partial charge on any atom is 0.244 e. The molecule has 2 unspecified atom stereocenters. The van der Waals surface area contributed by atoms with E-state index in [0.29, 0.717) is 5.69 Å². The average molecular weight is 423 g/mol. The second kappa shape index (κ2) is 9.13. The number of hydrogen-bond acceptors (Lipinski definition) is 3. The van der Waals surface area contributed by atoms with Gasteiger partial charge >= 0.3 is 0 Å². The van der Waals surface area contributed by atoms with Gasteiger partial charge in [-0.3, -0.25) is 9.10 Å². The van der Waals surface area contributed by atoms with Crippen LogP contribution < -0.4 is 9.62 Å². The predicted molar refractivity (Wildman–Crippen MR) is 121 cm³/mol. The van der Waals surface area contributed by atoms with Crippen LogP contribution in [0.15, 0.2) is 84.9 Å². The Kier molecular flexibility index (Phi) is 6.57. The number of amides is 1. The SMILES string of the molecule is Cc1ccccc1C(NC(=O)C(C)N(c1ccccc1)S(C)(=O)=O)c1ccccc1. The maximum absolute atomic E-state index is 13.3. The lowest BCUT2D eigenvalue weighted by molar-refractivity contribution is -0.122. The fourth-order valence-electron chi connectivity index (χ4n) is 3.54. The number of hydrogen-bond donors (Lipinski definition) is 1. The van der Waals surface area contributed by atoms with Crippen molar-refractivity contribution in [2.24, 2.45) is 0 Å².